The first kappa shape index (κ1) is 33.4. The van der Waals surface area contributed by atoms with Crippen LogP contribution in [0, 0.1) is 0 Å². The second-order valence-electron chi connectivity index (χ2n) is 12.4. The van der Waals surface area contributed by atoms with E-state index in [0.717, 1.165) is 22.3 Å². The molecule has 0 saturated heterocycles. The van der Waals surface area contributed by atoms with E-state index in [9.17, 15) is 19.2 Å². The number of methoxy groups -OCH3 is 4. The van der Waals surface area contributed by atoms with Gasteiger partial charge >= 0.3 is 23.9 Å². The Labute approximate surface area is 262 Å². The first-order valence-corrected chi connectivity index (χ1v) is 14.4. The van der Waals surface area contributed by atoms with Gasteiger partial charge in [0.05, 0.1) is 28.4 Å². The van der Waals surface area contributed by atoms with Gasteiger partial charge in [0.25, 0.3) is 0 Å². The van der Waals surface area contributed by atoms with Crippen molar-refractivity contribution < 1.29 is 57.1 Å². The molecule has 0 radical (unpaired) electrons. The Morgan fingerprint density at radius 1 is 0.489 bits per heavy atom. The Balaban J connectivity index is 1.89. The quantitative estimate of drug-likeness (QED) is 0.251. The zero-order chi connectivity index (χ0) is 33.2. The molecule has 0 saturated carbocycles. The molecule has 0 amide bonds. The maximum atomic E-state index is 12.0. The first-order chi connectivity index (χ1) is 21.2. The molecule has 0 heterocycles. The summed E-state index contributed by atoms with van der Waals surface area (Å²) in [5.74, 6) is -1.17. The summed E-state index contributed by atoms with van der Waals surface area (Å²) < 4.78 is 42.4. The van der Waals surface area contributed by atoms with Crippen molar-refractivity contribution in [2.24, 2.45) is 0 Å². The van der Waals surface area contributed by atoms with Gasteiger partial charge < -0.3 is 37.9 Å². The standard InChI is InChI=1S/C33H40O12/c1-31(2)17-33(21-11-25(44-15-29(36)40-7)23(9-19(21)31)42-13-27(34)38-5)18-32(3,4)20-10-24(43-14-28(35)39-6)26(12-22(20)33)45-16-30(37)41-8/h9-12H,13-18H2,1-8H3. The summed E-state index contributed by atoms with van der Waals surface area (Å²) in [5, 5.41) is 0. The highest BCUT2D eigenvalue weighted by Crippen LogP contribution is 2.64. The monoisotopic (exact) mass is 628 g/mol. The Morgan fingerprint density at radius 2 is 0.733 bits per heavy atom. The number of rotatable bonds is 12. The molecule has 12 nitrogen and oxygen atoms in total. The van der Waals surface area contributed by atoms with E-state index in [1.54, 1.807) is 0 Å². The minimum Gasteiger partial charge on any atom is -0.478 e. The average Bonchev–Trinajstić information content (AvgIpc) is 3.37. The molecule has 0 fully saturated rings. The van der Waals surface area contributed by atoms with Crippen LogP contribution in [-0.2, 0) is 54.4 Å². The lowest BCUT2D eigenvalue weighted by atomic mass is 9.72. The molecule has 0 unspecified atom stereocenters. The van der Waals surface area contributed by atoms with Gasteiger partial charge in [0.2, 0.25) is 0 Å². The van der Waals surface area contributed by atoms with Gasteiger partial charge in [-0.1, -0.05) is 27.7 Å². The highest BCUT2D eigenvalue weighted by atomic mass is 16.6. The van der Waals surface area contributed by atoms with Gasteiger partial charge in [-0.2, -0.15) is 0 Å². The number of hydrogen-bond donors (Lipinski definition) is 0. The molecular weight excluding hydrogens is 588 g/mol. The Morgan fingerprint density at radius 3 is 0.978 bits per heavy atom. The van der Waals surface area contributed by atoms with E-state index in [2.05, 4.69) is 27.7 Å². The maximum absolute atomic E-state index is 12.0. The van der Waals surface area contributed by atoms with Gasteiger partial charge in [-0.3, -0.25) is 0 Å². The fourth-order valence-corrected chi connectivity index (χ4v) is 6.55. The number of ether oxygens (including phenoxy) is 8. The fourth-order valence-electron chi connectivity index (χ4n) is 6.55. The summed E-state index contributed by atoms with van der Waals surface area (Å²) in [4.78, 5) is 47.9. The van der Waals surface area contributed by atoms with E-state index >= 15 is 0 Å². The van der Waals surface area contributed by atoms with Crippen molar-refractivity contribution in [3.63, 3.8) is 0 Å². The van der Waals surface area contributed by atoms with E-state index in [1.807, 2.05) is 24.3 Å². The minimum atomic E-state index is -0.580. The summed E-state index contributed by atoms with van der Waals surface area (Å²) in [6.45, 7) is 7.10. The molecular formula is C33H40O12. The minimum absolute atomic E-state index is 0.270. The largest absolute Gasteiger partial charge is 0.478 e. The molecule has 4 rings (SSSR count). The van der Waals surface area contributed by atoms with Gasteiger partial charge in [-0.15, -0.1) is 0 Å². The van der Waals surface area contributed by atoms with E-state index in [1.165, 1.54) is 28.4 Å². The topological polar surface area (TPSA) is 142 Å². The van der Waals surface area contributed by atoms with Crippen LogP contribution in [0.5, 0.6) is 23.0 Å². The zero-order valence-corrected chi connectivity index (χ0v) is 27.0. The summed E-state index contributed by atoms with van der Waals surface area (Å²) in [7, 11) is 5.07. The molecule has 2 aromatic carbocycles. The molecule has 0 atom stereocenters. The molecule has 244 valence electrons. The van der Waals surface area contributed by atoms with E-state index < -0.39 is 29.3 Å². The van der Waals surface area contributed by atoms with E-state index in [4.69, 9.17) is 37.9 Å². The summed E-state index contributed by atoms with van der Waals surface area (Å²) in [6.07, 6.45) is 1.39. The Kier molecular flexibility index (Phi) is 9.55. The number of fused-ring (bicyclic) bond motifs is 4. The SMILES string of the molecule is COC(=O)COc1cc2c(cc1OCC(=O)OC)C1(CC2(C)C)CC(C)(C)c2cc(OCC(=O)OC)c(OCC(=O)OC)cc21. The van der Waals surface area contributed by atoms with Crippen LogP contribution in [-0.4, -0.2) is 78.7 Å². The summed E-state index contributed by atoms with van der Waals surface area (Å²) in [6, 6.07) is 7.43. The second kappa shape index (κ2) is 12.9. The number of benzene rings is 2. The van der Waals surface area contributed by atoms with Crippen molar-refractivity contribution in [3.05, 3.63) is 46.5 Å². The lowest BCUT2D eigenvalue weighted by Crippen LogP contribution is -2.27. The van der Waals surface area contributed by atoms with Gasteiger partial charge in [-0.25, -0.2) is 19.2 Å². The first-order valence-electron chi connectivity index (χ1n) is 14.4. The Hall–Kier alpha value is -4.48. The third-order valence-corrected chi connectivity index (χ3v) is 8.44. The lowest BCUT2D eigenvalue weighted by Gasteiger charge is -2.31. The van der Waals surface area contributed by atoms with Crippen molar-refractivity contribution >= 4 is 23.9 Å². The smallest absolute Gasteiger partial charge is 0.343 e. The average molecular weight is 629 g/mol. The molecule has 45 heavy (non-hydrogen) atoms. The second-order valence-corrected chi connectivity index (χ2v) is 12.4. The molecule has 0 N–H and O–H groups in total. The highest BCUT2D eigenvalue weighted by Gasteiger charge is 2.57. The third kappa shape index (κ3) is 6.64. The molecule has 1 spiro atoms. The molecule has 12 heteroatoms. The van der Waals surface area contributed by atoms with Crippen LogP contribution in [0.25, 0.3) is 0 Å². The summed E-state index contributed by atoms with van der Waals surface area (Å²) >= 11 is 0. The Bertz CT molecular complexity index is 1380. The van der Waals surface area contributed by atoms with Crippen LogP contribution < -0.4 is 18.9 Å². The van der Waals surface area contributed by atoms with Crippen LogP contribution in [0.15, 0.2) is 24.3 Å². The normalized spacial score (nSPS) is 16.2. The van der Waals surface area contributed by atoms with Crippen molar-refractivity contribution in [1.82, 2.24) is 0 Å². The number of esters is 4. The molecule has 2 aromatic rings. The van der Waals surface area contributed by atoms with Crippen LogP contribution in [0.4, 0.5) is 0 Å². The summed E-state index contributed by atoms with van der Waals surface area (Å²) in [5.41, 5.74) is 2.64. The number of carbonyl (C=O) groups excluding carboxylic acids is 4. The van der Waals surface area contributed by atoms with E-state index in [-0.39, 0.29) is 48.8 Å². The third-order valence-electron chi connectivity index (χ3n) is 8.44. The van der Waals surface area contributed by atoms with Gasteiger partial charge in [0, 0.05) is 5.41 Å². The van der Waals surface area contributed by atoms with Crippen LogP contribution in [0.2, 0.25) is 0 Å². The van der Waals surface area contributed by atoms with Crippen LogP contribution in [0.1, 0.15) is 62.8 Å². The lowest BCUT2D eigenvalue weighted by molar-refractivity contribution is -0.144. The predicted molar refractivity (Wildman–Crippen MR) is 159 cm³/mol. The van der Waals surface area contributed by atoms with Gasteiger partial charge in [0.1, 0.15) is 0 Å². The van der Waals surface area contributed by atoms with E-state index in [0.29, 0.717) is 24.3 Å². The maximum Gasteiger partial charge on any atom is 0.343 e. The highest BCUT2D eigenvalue weighted by molar-refractivity contribution is 5.74. The van der Waals surface area contributed by atoms with Gasteiger partial charge in [0.15, 0.2) is 49.4 Å². The van der Waals surface area contributed by atoms with Gasteiger partial charge in [-0.05, 0) is 70.2 Å². The molecule has 2 aliphatic carbocycles. The molecule has 0 aliphatic heterocycles. The van der Waals surface area contributed by atoms with Crippen molar-refractivity contribution in [1.29, 1.82) is 0 Å². The van der Waals surface area contributed by atoms with Crippen LogP contribution >= 0.6 is 0 Å². The van der Waals surface area contributed by atoms with Crippen LogP contribution in [0.3, 0.4) is 0 Å². The molecule has 0 aromatic heterocycles. The molecule has 2 aliphatic rings. The number of hydrogen-bond acceptors (Lipinski definition) is 12. The fraction of sp³-hybridized carbons (Fsp3) is 0.515. The van der Waals surface area contributed by atoms with Crippen molar-refractivity contribution in [2.75, 3.05) is 54.9 Å². The number of carbonyl (C=O) groups is 4. The van der Waals surface area contributed by atoms with Crippen molar-refractivity contribution in [3.8, 4) is 23.0 Å². The van der Waals surface area contributed by atoms with Crippen molar-refractivity contribution in [2.45, 2.75) is 56.8 Å². The molecule has 0 bridgehead atoms. The predicted octanol–water partition coefficient (Wildman–Crippen LogP) is 3.54. The zero-order valence-electron chi connectivity index (χ0n) is 27.0.